The number of nitrogens with one attached hydrogen (secondary N) is 2. The predicted octanol–water partition coefficient (Wildman–Crippen LogP) is 3.52. The molecule has 1 atom stereocenters. The molecular formula is C17H22ClF3N2O. The van der Waals surface area contributed by atoms with Crippen LogP contribution in [0.4, 0.5) is 13.2 Å². The average molecular weight is 363 g/mol. The SMILES string of the molecule is CC1(C(=O)NCc2ccccc2C(F)(F)F)CC12CCNCC2.Cl. The van der Waals surface area contributed by atoms with E-state index in [-0.39, 0.29) is 35.8 Å². The lowest BCUT2D eigenvalue weighted by atomic mass is 9.85. The number of carbonyl (C=O) groups is 1. The number of hydrogen-bond donors (Lipinski definition) is 2. The normalized spacial score (nSPS) is 25.0. The first-order valence-electron chi connectivity index (χ1n) is 7.93. The fraction of sp³-hybridized carbons (Fsp3) is 0.588. The minimum atomic E-state index is -4.40. The highest BCUT2D eigenvalue weighted by molar-refractivity contribution is 5.86. The van der Waals surface area contributed by atoms with Gasteiger partial charge < -0.3 is 10.6 Å². The zero-order chi connectivity index (χ0) is 16.7. The van der Waals surface area contributed by atoms with E-state index in [2.05, 4.69) is 10.6 Å². The number of carbonyl (C=O) groups excluding carboxylic acids is 1. The van der Waals surface area contributed by atoms with Crippen molar-refractivity contribution in [2.75, 3.05) is 13.1 Å². The standard InChI is InChI=1S/C17H21F3N2O.ClH/c1-15(11-16(15)6-8-21-9-7-16)14(23)22-10-12-4-2-3-5-13(12)17(18,19)20;/h2-5,21H,6-11H2,1H3,(H,22,23);1H. The molecule has 2 fully saturated rings. The van der Waals surface area contributed by atoms with E-state index in [0.717, 1.165) is 38.4 Å². The molecule has 1 aromatic carbocycles. The minimum absolute atomic E-state index is 0. The van der Waals surface area contributed by atoms with Gasteiger partial charge in [-0.15, -0.1) is 12.4 Å². The topological polar surface area (TPSA) is 41.1 Å². The molecule has 1 unspecified atom stereocenters. The van der Waals surface area contributed by atoms with E-state index < -0.39 is 17.2 Å². The first kappa shape index (κ1) is 19.1. The van der Waals surface area contributed by atoms with Crippen LogP contribution in [0.5, 0.6) is 0 Å². The Bertz CT molecular complexity index is 614. The number of amides is 1. The third-order valence-electron chi connectivity index (χ3n) is 5.56. The van der Waals surface area contributed by atoms with Crippen LogP contribution in [0.25, 0.3) is 0 Å². The van der Waals surface area contributed by atoms with Gasteiger partial charge in [-0.2, -0.15) is 13.2 Å². The Labute approximate surface area is 145 Å². The third kappa shape index (κ3) is 3.26. The molecule has 0 radical (unpaired) electrons. The first-order valence-corrected chi connectivity index (χ1v) is 7.93. The molecule has 0 bridgehead atoms. The molecule has 0 aromatic heterocycles. The number of hydrogen-bond acceptors (Lipinski definition) is 2. The molecule has 1 aliphatic heterocycles. The summed E-state index contributed by atoms with van der Waals surface area (Å²) < 4.78 is 39.0. The van der Waals surface area contributed by atoms with E-state index in [1.807, 2.05) is 6.92 Å². The summed E-state index contributed by atoms with van der Waals surface area (Å²) in [7, 11) is 0. The maximum Gasteiger partial charge on any atom is 0.416 e. The molecule has 1 aromatic rings. The van der Waals surface area contributed by atoms with Crippen LogP contribution in [0, 0.1) is 10.8 Å². The Hall–Kier alpha value is -1.27. The molecule has 1 amide bonds. The second kappa shape index (κ2) is 6.56. The number of benzene rings is 1. The number of alkyl halides is 3. The molecule has 3 rings (SSSR count). The van der Waals surface area contributed by atoms with Crippen molar-refractivity contribution in [2.24, 2.45) is 10.8 Å². The monoisotopic (exact) mass is 362 g/mol. The number of halogens is 4. The van der Waals surface area contributed by atoms with E-state index >= 15 is 0 Å². The van der Waals surface area contributed by atoms with Gasteiger partial charge in [0.25, 0.3) is 0 Å². The largest absolute Gasteiger partial charge is 0.416 e. The van der Waals surface area contributed by atoms with Crippen LogP contribution in [0.15, 0.2) is 24.3 Å². The van der Waals surface area contributed by atoms with Crippen molar-refractivity contribution >= 4 is 18.3 Å². The maximum absolute atomic E-state index is 13.0. The van der Waals surface area contributed by atoms with Gasteiger partial charge in [0.1, 0.15) is 0 Å². The summed E-state index contributed by atoms with van der Waals surface area (Å²) in [5.74, 6) is -0.128. The van der Waals surface area contributed by atoms with Crippen molar-refractivity contribution < 1.29 is 18.0 Å². The van der Waals surface area contributed by atoms with Crippen LogP contribution < -0.4 is 10.6 Å². The van der Waals surface area contributed by atoms with Gasteiger partial charge in [0.15, 0.2) is 0 Å². The second-order valence-corrected chi connectivity index (χ2v) is 6.88. The number of rotatable bonds is 3. The van der Waals surface area contributed by atoms with Gasteiger partial charge in [-0.25, -0.2) is 0 Å². The van der Waals surface area contributed by atoms with Crippen LogP contribution in [0.1, 0.15) is 37.3 Å². The Morgan fingerprint density at radius 1 is 1.25 bits per heavy atom. The highest BCUT2D eigenvalue weighted by atomic mass is 35.5. The van der Waals surface area contributed by atoms with Crippen molar-refractivity contribution in [3.63, 3.8) is 0 Å². The maximum atomic E-state index is 13.0. The van der Waals surface area contributed by atoms with Gasteiger partial charge in [-0.1, -0.05) is 25.1 Å². The predicted molar refractivity (Wildman–Crippen MR) is 87.8 cm³/mol. The van der Waals surface area contributed by atoms with Crippen LogP contribution >= 0.6 is 12.4 Å². The Morgan fingerprint density at radius 2 is 1.88 bits per heavy atom. The van der Waals surface area contributed by atoms with Crippen molar-refractivity contribution in [3.8, 4) is 0 Å². The molecule has 1 aliphatic carbocycles. The highest BCUT2D eigenvalue weighted by Crippen LogP contribution is 2.68. The Balaban J connectivity index is 0.00000208. The summed E-state index contributed by atoms with van der Waals surface area (Å²) in [5, 5.41) is 6.01. The van der Waals surface area contributed by atoms with Gasteiger partial charge in [0.2, 0.25) is 5.91 Å². The van der Waals surface area contributed by atoms with Crippen molar-refractivity contribution in [2.45, 2.75) is 38.9 Å². The molecule has 24 heavy (non-hydrogen) atoms. The summed E-state index contributed by atoms with van der Waals surface area (Å²) in [5.41, 5.74) is -0.983. The lowest BCUT2D eigenvalue weighted by Gasteiger charge is -2.27. The molecule has 3 nitrogen and oxygen atoms in total. The van der Waals surface area contributed by atoms with Crippen molar-refractivity contribution in [1.82, 2.24) is 10.6 Å². The molecule has 134 valence electrons. The van der Waals surface area contributed by atoms with E-state index in [1.54, 1.807) is 6.07 Å². The molecular weight excluding hydrogens is 341 g/mol. The lowest BCUT2D eigenvalue weighted by Crippen LogP contribution is -2.38. The highest BCUT2D eigenvalue weighted by Gasteiger charge is 2.67. The molecule has 2 N–H and O–H groups in total. The van der Waals surface area contributed by atoms with Crippen molar-refractivity contribution in [3.05, 3.63) is 35.4 Å². The number of piperidine rings is 1. The smallest absolute Gasteiger partial charge is 0.352 e. The van der Waals surface area contributed by atoms with Crippen LogP contribution in [0.3, 0.4) is 0 Å². The van der Waals surface area contributed by atoms with Gasteiger partial charge in [-0.05, 0) is 49.4 Å². The zero-order valence-electron chi connectivity index (χ0n) is 13.5. The molecule has 1 heterocycles. The molecule has 2 aliphatic rings. The lowest BCUT2D eigenvalue weighted by molar-refractivity contribution is -0.138. The molecule has 7 heteroatoms. The summed E-state index contributed by atoms with van der Waals surface area (Å²) in [6, 6.07) is 5.39. The summed E-state index contributed by atoms with van der Waals surface area (Å²) in [6.07, 6.45) is -1.67. The fourth-order valence-electron chi connectivity index (χ4n) is 3.91. The van der Waals surface area contributed by atoms with Gasteiger partial charge in [-0.3, -0.25) is 4.79 Å². The minimum Gasteiger partial charge on any atom is -0.352 e. The summed E-state index contributed by atoms with van der Waals surface area (Å²) >= 11 is 0. The summed E-state index contributed by atoms with van der Waals surface area (Å²) in [6.45, 7) is 3.65. The van der Waals surface area contributed by atoms with Gasteiger partial charge >= 0.3 is 6.18 Å². The molecule has 1 saturated carbocycles. The second-order valence-electron chi connectivity index (χ2n) is 6.88. The quantitative estimate of drug-likeness (QED) is 0.863. The van der Waals surface area contributed by atoms with Crippen LogP contribution in [0.2, 0.25) is 0 Å². The Morgan fingerprint density at radius 3 is 2.50 bits per heavy atom. The van der Waals surface area contributed by atoms with Gasteiger partial charge in [0, 0.05) is 6.54 Å². The van der Waals surface area contributed by atoms with E-state index in [0.29, 0.717) is 0 Å². The fourth-order valence-corrected chi connectivity index (χ4v) is 3.91. The van der Waals surface area contributed by atoms with Crippen molar-refractivity contribution in [1.29, 1.82) is 0 Å². The zero-order valence-corrected chi connectivity index (χ0v) is 14.3. The molecule has 1 saturated heterocycles. The van der Waals surface area contributed by atoms with Crippen LogP contribution in [-0.2, 0) is 17.5 Å². The summed E-state index contributed by atoms with van der Waals surface area (Å²) in [4.78, 5) is 12.5. The van der Waals surface area contributed by atoms with E-state index in [9.17, 15) is 18.0 Å². The Kier molecular flexibility index (Phi) is 5.21. The van der Waals surface area contributed by atoms with E-state index in [4.69, 9.17) is 0 Å². The first-order chi connectivity index (χ1) is 10.8. The van der Waals surface area contributed by atoms with Gasteiger partial charge in [0.05, 0.1) is 11.0 Å². The van der Waals surface area contributed by atoms with Crippen LogP contribution in [-0.4, -0.2) is 19.0 Å². The van der Waals surface area contributed by atoms with E-state index in [1.165, 1.54) is 12.1 Å². The average Bonchev–Trinajstić information content (AvgIpc) is 3.09. The molecule has 1 spiro atoms. The third-order valence-corrected chi connectivity index (χ3v) is 5.56.